The molecule has 0 aromatic heterocycles. The number of benzene rings is 1. The molecule has 3 heteroatoms. The molecule has 1 aliphatic rings. The lowest BCUT2D eigenvalue weighted by Gasteiger charge is -2.29. The first-order chi connectivity index (χ1) is 6.36. The van der Waals surface area contributed by atoms with Crippen molar-refractivity contribution in [3.8, 4) is 0 Å². The zero-order valence-electron chi connectivity index (χ0n) is 7.33. The molecule has 1 aliphatic heterocycles. The molecule has 2 rings (SSSR count). The van der Waals surface area contributed by atoms with E-state index >= 15 is 0 Å². The van der Waals surface area contributed by atoms with Gasteiger partial charge in [0.05, 0.1) is 0 Å². The third-order valence-corrected chi connectivity index (χ3v) is 2.39. The molecule has 0 atom stereocenters. The van der Waals surface area contributed by atoms with Crippen LogP contribution < -0.4 is 10.2 Å². The van der Waals surface area contributed by atoms with E-state index in [1.807, 2.05) is 18.2 Å². The SMILES string of the molecule is Clc1cccc(N2C[CH]NCC2)c1. The van der Waals surface area contributed by atoms with E-state index in [4.69, 9.17) is 11.6 Å². The lowest BCUT2D eigenvalue weighted by molar-refractivity contribution is 0.653. The Morgan fingerprint density at radius 2 is 2.31 bits per heavy atom. The van der Waals surface area contributed by atoms with Gasteiger partial charge >= 0.3 is 0 Å². The Kier molecular flexibility index (Phi) is 2.71. The van der Waals surface area contributed by atoms with Crippen molar-refractivity contribution in [3.05, 3.63) is 35.8 Å². The summed E-state index contributed by atoms with van der Waals surface area (Å²) >= 11 is 5.91. The number of anilines is 1. The smallest absolute Gasteiger partial charge is 0.0426 e. The standard InChI is InChI=1S/C10H12ClN2/c11-9-2-1-3-10(8-9)13-6-4-12-5-7-13/h1-4,8,12H,5-7H2. The van der Waals surface area contributed by atoms with E-state index in [0.717, 1.165) is 24.7 Å². The molecule has 1 heterocycles. The summed E-state index contributed by atoms with van der Waals surface area (Å²) in [5.74, 6) is 0. The van der Waals surface area contributed by atoms with Crippen LogP contribution in [0.5, 0.6) is 0 Å². The minimum atomic E-state index is 0.802. The van der Waals surface area contributed by atoms with E-state index in [9.17, 15) is 0 Å². The zero-order valence-corrected chi connectivity index (χ0v) is 8.09. The summed E-state index contributed by atoms with van der Waals surface area (Å²) < 4.78 is 0. The fourth-order valence-electron chi connectivity index (χ4n) is 1.47. The van der Waals surface area contributed by atoms with Crippen LogP contribution in [-0.2, 0) is 0 Å². The molecule has 0 bridgehead atoms. The van der Waals surface area contributed by atoms with Crippen LogP contribution in [0.2, 0.25) is 5.02 Å². The van der Waals surface area contributed by atoms with Gasteiger partial charge in [-0.1, -0.05) is 17.7 Å². The van der Waals surface area contributed by atoms with E-state index in [2.05, 4.69) is 22.8 Å². The van der Waals surface area contributed by atoms with Crippen LogP contribution in [0.1, 0.15) is 0 Å². The molecule has 0 amide bonds. The van der Waals surface area contributed by atoms with Crippen molar-refractivity contribution < 1.29 is 0 Å². The normalized spacial score (nSPS) is 17.5. The molecule has 1 radical (unpaired) electrons. The van der Waals surface area contributed by atoms with Gasteiger partial charge in [-0.25, -0.2) is 0 Å². The van der Waals surface area contributed by atoms with Crippen LogP contribution in [-0.4, -0.2) is 19.6 Å². The Hall–Kier alpha value is -0.730. The second-order valence-corrected chi connectivity index (χ2v) is 3.52. The third kappa shape index (κ3) is 2.14. The number of piperazine rings is 1. The first kappa shape index (κ1) is 8.85. The monoisotopic (exact) mass is 195 g/mol. The fourth-order valence-corrected chi connectivity index (χ4v) is 1.66. The zero-order chi connectivity index (χ0) is 9.10. The van der Waals surface area contributed by atoms with Crippen molar-refractivity contribution in [3.63, 3.8) is 0 Å². The average molecular weight is 196 g/mol. The highest BCUT2D eigenvalue weighted by molar-refractivity contribution is 6.30. The van der Waals surface area contributed by atoms with Gasteiger partial charge in [-0.3, -0.25) is 0 Å². The van der Waals surface area contributed by atoms with Crippen molar-refractivity contribution in [1.29, 1.82) is 0 Å². The molecule has 1 saturated heterocycles. The van der Waals surface area contributed by atoms with Crippen molar-refractivity contribution in [2.24, 2.45) is 0 Å². The molecule has 1 fully saturated rings. The van der Waals surface area contributed by atoms with Crippen LogP contribution >= 0.6 is 11.6 Å². The highest BCUT2D eigenvalue weighted by atomic mass is 35.5. The molecule has 2 nitrogen and oxygen atoms in total. The maximum absolute atomic E-state index is 5.91. The summed E-state index contributed by atoms with van der Waals surface area (Å²) in [6, 6.07) is 7.97. The second-order valence-electron chi connectivity index (χ2n) is 3.08. The molecule has 1 aromatic carbocycles. The van der Waals surface area contributed by atoms with E-state index < -0.39 is 0 Å². The Balaban J connectivity index is 2.14. The van der Waals surface area contributed by atoms with Gasteiger partial charge in [0.2, 0.25) is 0 Å². The van der Waals surface area contributed by atoms with Gasteiger partial charge in [-0.2, -0.15) is 0 Å². The van der Waals surface area contributed by atoms with Gasteiger partial charge in [0.1, 0.15) is 0 Å². The van der Waals surface area contributed by atoms with Crippen molar-refractivity contribution in [2.75, 3.05) is 24.5 Å². The number of halogens is 1. The number of hydrogen-bond acceptors (Lipinski definition) is 2. The Morgan fingerprint density at radius 1 is 1.38 bits per heavy atom. The van der Waals surface area contributed by atoms with Gasteiger partial charge < -0.3 is 10.2 Å². The van der Waals surface area contributed by atoms with Crippen molar-refractivity contribution in [2.45, 2.75) is 0 Å². The van der Waals surface area contributed by atoms with E-state index in [1.165, 1.54) is 5.69 Å². The third-order valence-electron chi connectivity index (χ3n) is 2.16. The lowest BCUT2D eigenvalue weighted by atomic mass is 10.2. The Morgan fingerprint density at radius 3 is 3.00 bits per heavy atom. The predicted octanol–water partition coefficient (Wildman–Crippen LogP) is 1.91. The van der Waals surface area contributed by atoms with E-state index in [0.29, 0.717) is 0 Å². The fraction of sp³-hybridized carbons (Fsp3) is 0.300. The molecule has 1 aromatic rings. The number of hydrogen-bond donors (Lipinski definition) is 1. The van der Waals surface area contributed by atoms with E-state index in [1.54, 1.807) is 0 Å². The summed E-state index contributed by atoms with van der Waals surface area (Å²) in [6.45, 7) is 5.06. The molecule has 1 N–H and O–H groups in total. The highest BCUT2D eigenvalue weighted by Gasteiger charge is 2.09. The average Bonchev–Trinajstić information content (AvgIpc) is 2.19. The Labute approximate surface area is 83.5 Å². The van der Waals surface area contributed by atoms with Gasteiger partial charge in [-0.15, -0.1) is 0 Å². The molecule has 0 spiro atoms. The second kappa shape index (κ2) is 3.99. The van der Waals surface area contributed by atoms with Crippen LogP contribution in [0.4, 0.5) is 5.69 Å². The maximum atomic E-state index is 5.91. The maximum Gasteiger partial charge on any atom is 0.0426 e. The summed E-state index contributed by atoms with van der Waals surface area (Å²) in [6.07, 6.45) is 0. The molecule has 0 unspecified atom stereocenters. The topological polar surface area (TPSA) is 15.3 Å². The van der Waals surface area contributed by atoms with Crippen LogP contribution in [0.3, 0.4) is 0 Å². The van der Waals surface area contributed by atoms with Gasteiger partial charge in [0.15, 0.2) is 0 Å². The van der Waals surface area contributed by atoms with Gasteiger partial charge in [0, 0.05) is 36.9 Å². The highest BCUT2D eigenvalue weighted by Crippen LogP contribution is 2.19. The largest absolute Gasteiger partial charge is 0.369 e. The summed E-state index contributed by atoms with van der Waals surface area (Å²) in [5.41, 5.74) is 1.20. The van der Waals surface area contributed by atoms with Gasteiger partial charge in [0.25, 0.3) is 0 Å². The van der Waals surface area contributed by atoms with Crippen LogP contribution in [0.25, 0.3) is 0 Å². The molecule has 0 aliphatic carbocycles. The molecule has 13 heavy (non-hydrogen) atoms. The van der Waals surface area contributed by atoms with Crippen molar-refractivity contribution >= 4 is 17.3 Å². The molecule has 69 valence electrons. The summed E-state index contributed by atoms with van der Waals surface area (Å²) in [5, 5.41) is 4.00. The molecular weight excluding hydrogens is 184 g/mol. The minimum Gasteiger partial charge on any atom is -0.369 e. The first-order valence-corrected chi connectivity index (χ1v) is 4.79. The predicted molar refractivity (Wildman–Crippen MR) is 56.0 cm³/mol. The molecule has 0 saturated carbocycles. The van der Waals surface area contributed by atoms with Crippen molar-refractivity contribution in [1.82, 2.24) is 5.32 Å². The van der Waals surface area contributed by atoms with E-state index in [-0.39, 0.29) is 0 Å². The minimum absolute atomic E-state index is 0.802. The Bertz CT molecular complexity index is 282. The van der Waals surface area contributed by atoms with Crippen LogP contribution in [0.15, 0.2) is 24.3 Å². The quantitative estimate of drug-likeness (QED) is 0.737. The lowest BCUT2D eigenvalue weighted by Crippen LogP contribution is -2.40. The number of nitrogens with zero attached hydrogens (tertiary/aromatic N) is 1. The first-order valence-electron chi connectivity index (χ1n) is 4.42. The number of rotatable bonds is 1. The van der Waals surface area contributed by atoms with Crippen LogP contribution in [0, 0.1) is 6.54 Å². The summed E-state index contributed by atoms with van der Waals surface area (Å²) in [7, 11) is 0. The number of nitrogens with one attached hydrogen (secondary N) is 1. The molecular formula is C10H12ClN2. The summed E-state index contributed by atoms with van der Waals surface area (Å²) in [4.78, 5) is 2.29. The van der Waals surface area contributed by atoms with Gasteiger partial charge in [-0.05, 0) is 18.2 Å².